The Balaban J connectivity index is 1.58. The van der Waals surface area contributed by atoms with Crippen molar-refractivity contribution in [2.45, 2.75) is 51.4 Å². The Labute approximate surface area is 153 Å². The first-order chi connectivity index (χ1) is 12.7. The molecule has 5 heteroatoms. The van der Waals surface area contributed by atoms with E-state index in [0.29, 0.717) is 18.4 Å². The van der Waals surface area contributed by atoms with Crippen LogP contribution >= 0.6 is 0 Å². The third kappa shape index (κ3) is 3.15. The van der Waals surface area contributed by atoms with E-state index in [-0.39, 0.29) is 0 Å². The lowest BCUT2D eigenvalue weighted by Crippen LogP contribution is -2.24. The molecule has 2 unspecified atom stereocenters. The molecule has 2 aliphatic rings. The number of aromatic nitrogens is 1. The summed E-state index contributed by atoms with van der Waals surface area (Å²) in [5, 5.41) is 4.72. The summed E-state index contributed by atoms with van der Waals surface area (Å²) < 4.78 is 0. The number of azide groups is 1. The lowest BCUT2D eigenvalue weighted by atomic mass is 9.70. The Hall–Kier alpha value is -2.52. The van der Waals surface area contributed by atoms with Crippen LogP contribution < -0.4 is 5.73 Å². The van der Waals surface area contributed by atoms with Gasteiger partial charge in [0.1, 0.15) is 0 Å². The number of hydrogen-bond donors (Lipinski definition) is 1. The zero-order valence-corrected chi connectivity index (χ0v) is 15.3. The Morgan fingerprint density at radius 3 is 3.04 bits per heavy atom. The van der Waals surface area contributed by atoms with Crippen LogP contribution in [-0.4, -0.2) is 11.5 Å². The molecule has 2 aromatic rings. The van der Waals surface area contributed by atoms with Crippen molar-refractivity contribution in [2.75, 3.05) is 12.3 Å². The molecule has 0 amide bonds. The SMILES string of the molecule is Cc1ccc2c(N)c3c(nc2c1)CC1C=C(CCCCN=[N+]=[N-])CC3C1. The maximum absolute atomic E-state index is 8.36. The zero-order valence-electron chi connectivity index (χ0n) is 15.3. The monoisotopic (exact) mass is 347 g/mol. The number of hydrogen-bond acceptors (Lipinski definition) is 3. The van der Waals surface area contributed by atoms with Crippen molar-refractivity contribution >= 4 is 16.6 Å². The molecule has 1 aromatic carbocycles. The fourth-order valence-electron chi connectivity index (χ4n) is 4.69. The highest BCUT2D eigenvalue weighted by Crippen LogP contribution is 2.47. The third-order valence-corrected chi connectivity index (χ3v) is 5.80. The Kier molecular flexibility index (Phi) is 4.56. The number of nitrogen functional groups attached to an aromatic ring is 1. The highest BCUT2D eigenvalue weighted by Gasteiger charge is 2.33. The van der Waals surface area contributed by atoms with E-state index in [4.69, 9.17) is 16.2 Å². The smallest absolute Gasteiger partial charge is 0.0728 e. The summed E-state index contributed by atoms with van der Waals surface area (Å²) in [6.07, 6.45) is 8.91. The van der Waals surface area contributed by atoms with E-state index in [1.165, 1.54) is 23.2 Å². The Morgan fingerprint density at radius 1 is 1.31 bits per heavy atom. The van der Waals surface area contributed by atoms with E-state index in [1.54, 1.807) is 5.57 Å². The number of unbranched alkanes of at least 4 members (excludes halogenated alkanes) is 1. The van der Waals surface area contributed by atoms with Gasteiger partial charge < -0.3 is 5.73 Å². The van der Waals surface area contributed by atoms with Crippen LogP contribution in [0.2, 0.25) is 0 Å². The number of allylic oxidation sites excluding steroid dienone is 2. The maximum atomic E-state index is 8.36. The topological polar surface area (TPSA) is 87.7 Å². The minimum absolute atomic E-state index is 0.499. The van der Waals surface area contributed by atoms with Crippen LogP contribution in [0.4, 0.5) is 5.69 Å². The fourth-order valence-corrected chi connectivity index (χ4v) is 4.69. The quantitative estimate of drug-likeness (QED) is 0.251. The van der Waals surface area contributed by atoms with Crippen molar-refractivity contribution in [1.82, 2.24) is 4.98 Å². The molecule has 0 fully saturated rings. The number of fused-ring (bicyclic) bond motifs is 5. The molecule has 0 saturated heterocycles. The second-order valence-corrected chi connectivity index (χ2v) is 7.74. The average molecular weight is 347 g/mol. The maximum Gasteiger partial charge on any atom is 0.0728 e. The number of nitrogens with zero attached hydrogens (tertiary/aromatic N) is 4. The molecule has 2 atom stereocenters. The van der Waals surface area contributed by atoms with Crippen LogP contribution in [0.1, 0.15) is 54.8 Å². The van der Waals surface area contributed by atoms with Crippen molar-refractivity contribution in [3.63, 3.8) is 0 Å². The van der Waals surface area contributed by atoms with Gasteiger partial charge in [0.25, 0.3) is 0 Å². The summed E-state index contributed by atoms with van der Waals surface area (Å²) in [6.45, 7) is 2.70. The van der Waals surface area contributed by atoms with Crippen molar-refractivity contribution in [2.24, 2.45) is 11.0 Å². The summed E-state index contributed by atoms with van der Waals surface area (Å²) in [4.78, 5) is 7.81. The van der Waals surface area contributed by atoms with E-state index in [0.717, 1.165) is 48.7 Å². The first-order valence-corrected chi connectivity index (χ1v) is 9.54. The summed E-state index contributed by atoms with van der Waals surface area (Å²) in [5.41, 5.74) is 22.2. The second kappa shape index (κ2) is 7.00. The third-order valence-electron chi connectivity index (χ3n) is 5.80. The molecule has 0 radical (unpaired) electrons. The van der Waals surface area contributed by atoms with Gasteiger partial charge in [-0.05, 0) is 74.4 Å². The number of anilines is 1. The number of pyridine rings is 1. The van der Waals surface area contributed by atoms with E-state index in [1.807, 2.05) is 0 Å². The van der Waals surface area contributed by atoms with Crippen LogP contribution in [-0.2, 0) is 6.42 Å². The first kappa shape index (κ1) is 16.9. The van der Waals surface area contributed by atoms with Crippen LogP contribution in [0.3, 0.4) is 0 Å². The van der Waals surface area contributed by atoms with E-state index >= 15 is 0 Å². The van der Waals surface area contributed by atoms with Gasteiger partial charge in [-0.15, -0.1) is 0 Å². The molecule has 5 nitrogen and oxygen atoms in total. The minimum Gasteiger partial charge on any atom is -0.398 e. The summed E-state index contributed by atoms with van der Waals surface area (Å²) in [5.74, 6) is 1.08. The number of nitrogens with two attached hydrogens (primary N) is 1. The van der Waals surface area contributed by atoms with E-state index in [2.05, 4.69) is 41.2 Å². The predicted octanol–water partition coefficient (Wildman–Crippen LogP) is 5.58. The van der Waals surface area contributed by atoms with Crippen molar-refractivity contribution < 1.29 is 0 Å². The minimum atomic E-state index is 0.499. The van der Waals surface area contributed by atoms with Gasteiger partial charge in [-0.25, -0.2) is 0 Å². The number of rotatable bonds is 5. The second-order valence-electron chi connectivity index (χ2n) is 7.74. The molecular formula is C21H25N5. The molecule has 134 valence electrons. The molecular weight excluding hydrogens is 322 g/mol. The molecule has 1 aromatic heterocycles. The van der Waals surface area contributed by atoms with E-state index < -0.39 is 0 Å². The van der Waals surface area contributed by atoms with Gasteiger partial charge in [0.2, 0.25) is 0 Å². The molecule has 2 bridgehead atoms. The van der Waals surface area contributed by atoms with Crippen molar-refractivity contribution in [3.05, 3.63) is 57.1 Å². The lowest BCUT2D eigenvalue weighted by molar-refractivity contribution is 0.426. The van der Waals surface area contributed by atoms with Crippen LogP contribution in [0.5, 0.6) is 0 Å². The highest BCUT2D eigenvalue weighted by molar-refractivity contribution is 5.93. The molecule has 0 saturated carbocycles. The van der Waals surface area contributed by atoms with Crippen molar-refractivity contribution in [1.29, 1.82) is 0 Å². The predicted molar refractivity (Wildman–Crippen MR) is 106 cm³/mol. The van der Waals surface area contributed by atoms with Crippen LogP contribution in [0.25, 0.3) is 21.3 Å². The largest absolute Gasteiger partial charge is 0.398 e. The summed E-state index contributed by atoms with van der Waals surface area (Å²) in [7, 11) is 0. The van der Waals surface area contributed by atoms with Crippen molar-refractivity contribution in [3.8, 4) is 0 Å². The molecule has 2 N–H and O–H groups in total. The highest BCUT2D eigenvalue weighted by atomic mass is 15.1. The van der Waals surface area contributed by atoms with Crippen LogP contribution in [0, 0.1) is 12.8 Å². The molecule has 0 aliphatic heterocycles. The van der Waals surface area contributed by atoms with Gasteiger partial charge >= 0.3 is 0 Å². The number of benzene rings is 1. The standard InChI is InChI=1S/C21H25N5/c1-13-5-6-17-18(8-13)25-19-12-15-9-14(4-2-3-7-24-26-23)10-16(11-15)20(19)21(17)22/h5-6,8-9,15-16H,2-4,7,10-12H2,1H3,(H2,22,25). The summed E-state index contributed by atoms with van der Waals surface area (Å²) in [6, 6.07) is 6.38. The Morgan fingerprint density at radius 2 is 2.19 bits per heavy atom. The molecule has 1 heterocycles. The van der Waals surface area contributed by atoms with Gasteiger partial charge in [0.05, 0.1) is 5.52 Å². The molecule has 26 heavy (non-hydrogen) atoms. The van der Waals surface area contributed by atoms with Gasteiger partial charge in [0, 0.05) is 33.8 Å². The Bertz CT molecular complexity index is 924. The van der Waals surface area contributed by atoms with Crippen LogP contribution in [0.15, 0.2) is 35.0 Å². The first-order valence-electron chi connectivity index (χ1n) is 9.54. The van der Waals surface area contributed by atoms with Gasteiger partial charge in [-0.1, -0.05) is 28.9 Å². The van der Waals surface area contributed by atoms with Gasteiger partial charge in [0.15, 0.2) is 0 Å². The molecule has 4 rings (SSSR count). The normalized spacial score (nSPS) is 21.0. The summed E-state index contributed by atoms with van der Waals surface area (Å²) >= 11 is 0. The number of aryl methyl sites for hydroxylation is 1. The van der Waals surface area contributed by atoms with Gasteiger partial charge in [-0.3, -0.25) is 4.98 Å². The van der Waals surface area contributed by atoms with E-state index in [9.17, 15) is 0 Å². The lowest BCUT2D eigenvalue weighted by Gasteiger charge is -2.36. The molecule has 2 aliphatic carbocycles. The molecule has 0 spiro atoms. The van der Waals surface area contributed by atoms with Gasteiger partial charge in [-0.2, -0.15) is 0 Å². The fraction of sp³-hybridized carbons (Fsp3) is 0.476. The zero-order chi connectivity index (χ0) is 18.1. The average Bonchev–Trinajstić information content (AvgIpc) is 2.60.